The van der Waals surface area contributed by atoms with Crippen molar-refractivity contribution in [2.24, 2.45) is 0 Å². The van der Waals surface area contributed by atoms with Crippen LogP contribution in [0.5, 0.6) is 5.88 Å². The number of ether oxygens (including phenoxy) is 1. The van der Waals surface area contributed by atoms with Gasteiger partial charge in [0.2, 0.25) is 5.88 Å². The molecular formula is C24H18F2N2O2S. The fourth-order valence-corrected chi connectivity index (χ4v) is 3.91. The molecule has 0 saturated heterocycles. The summed E-state index contributed by atoms with van der Waals surface area (Å²) < 4.78 is 35.3. The highest BCUT2D eigenvalue weighted by molar-refractivity contribution is 7.99. The Labute approximate surface area is 182 Å². The number of hydrogen-bond donors (Lipinski definition) is 0. The highest BCUT2D eigenvalue weighted by atomic mass is 32.2. The fraction of sp³-hybridized carbons (Fsp3) is 0.0833. The number of esters is 1. The molecule has 1 heterocycles. The number of rotatable bonds is 5. The van der Waals surface area contributed by atoms with Gasteiger partial charge in [-0.3, -0.25) is 0 Å². The van der Waals surface area contributed by atoms with Crippen molar-refractivity contribution >= 4 is 17.7 Å². The van der Waals surface area contributed by atoms with E-state index in [1.165, 1.54) is 22.5 Å². The summed E-state index contributed by atoms with van der Waals surface area (Å²) in [5.41, 5.74) is 1.64. The van der Waals surface area contributed by atoms with Crippen molar-refractivity contribution in [1.29, 1.82) is 0 Å². The quantitative estimate of drug-likeness (QED) is 0.353. The maximum atomic E-state index is 14.1. The second-order valence-corrected chi connectivity index (χ2v) is 7.95. The first-order valence-electron chi connectivity index (χ1n) is 9.50. The fourth-order valence-electron chi connectivity index (χ4n) is 3.00. The Kier molecular flexibility index (Phi) is 5.86. The lowest BCUT2D eigenvalue weighted by Crippen LogP contribution is -2.15. The Bertz CT molecular complexity index is 1220. The van der Waals surface area contributed by atoms with Crippen LogP contribution in [-0.2, 0) is 0 Å². The lowest BCUT2D eigenvalue weighted by Gasteiger charge is -2.11. The molecule has 156 valence electrons. The Balaban J connectivity index is 1.79. The van der Waals surface area contributed by atoms with Crippen LogP contribution in [0.2, 0.25) is 0 Å². The van der Waals surface area contributed by atoms with Gasteiger partial charge in [-0.25, -0.2) is 13.6 Å². The first-order chi connectivity index (χ1) is 14.9. The molecule has 4 aromatic rings. The number of carbonyl (C=O) groups excluding carboxylic acids is 1. The number of carbonyl (C=O) groups is 1. The number of para-hydroxylation sites is 1. The van der Waals surface area contributed by atoms with E-state index in [4.69, 9.17) is 4.74 Å². The monoisotopic (exact) mass is 436 g/mol. The molecule has 4 rings (SSSR count). The molecule has 0 radical (unpaired) electrons. The van der Waals surface area contributed by atoms with E-state index in [-0.39, 0.29) is 5.88 Å². The molecule has 0 saturated carbocycles. The molecule has 0 spiro atoms. The van der Waals surface area contributed by atoms with Gasteiger partial charge in [-0.2, -0.15) is 9.78 Å². The van der Waals surface area contributed by atoms with E-state index in [0.717, 1.165) is 22.6 Å². The lowest BCUT2D eigenvalue weighted by molar-refractivity contribution is 0.0708. The van der Waals surface area contributed by atoms with Gasteiger partial charge in [-0.15, -0.1) is 0 Å². The van der Waals surface area contributed by atoms with Crippen molar-refractivity contribution in [2.75, 3.05) is 0 Å². The number of aromatic nitrogens is 2. The van der Waals surface area contributed by atoms with Crippen LogP contribution in [-0.4, -0.2) is 15.7 Å². The van der Waals surface area contributed by atoms with Crippen LogP contribution in [0.25, 0.3) is 5.69 Å². The van der Waals surface area contributed by atoms with Crippen LogP contribution in [0.15, 0.2) is 82.6 Å². The van der Waals surface area contributed by atoms with Crippen LogP contribution < -0.4 is 4.74 Å². The molecule has 3 aromatic carbocycles. The maximum absolute atomic E-state index is 14.1. The standard InChI is InChI=1S/C24H18F2N2O2S/c1-15-11-13-18(14-12-15)31-22-16(2)27-28(17-7-4-3-5-8-17)23(22)30-24(29)21-19(25)9-6-10-20(21)26/h3-14H,1-2H3. The highest BCUT2D eigenvalue weighted by Gasteiger charge is 2.26. The molecule has 7 heteroatoms. The third-order valence-electron chi connectivity index (χ3n) is 4.56. The number of aryl methyl sites for hydroxylation is 2. The molecule has 0 bridgehead atoms. The topological polar surface area (TPSA) is 44.1 Å². The van der Waals surface area contributed by atoms with E-state index in [1.807, 2.05) is 49.4 Å². The van der Waals surface area contributed by atoms with E-state index in [9.17, 15) is 13.6 Å². The number of hydrogen-bond acceptors (Lipinski definition) is 4. The third kappa shape index (κ3) is 4.36. The van der Waals surface area contributed by atoms with E-state index in [2.05, 4.69) is 5.10 Å². The smallest absolute Gasteiger partial charge is 0.350 e. The summed E-state index contributed by atoms with van der Waals surface area (Å²) in [7, 11) is 0. The third-order valence-corrected chi connectivity index (χ3v) is 5.75. The summed E-state index contributed by atoms with van der Waals surface area (Å²) in [4.78, 5) is 14.2. The summed E-state index contributed by atoms with van der Waals surface area (Å²) in [5.74, 6) is -3.00. The molecule has 1 aromatic heterocycles. The second kappa shape index (κ2) is 8.73. The molecule has 0 N–H and O–H groups in total. The first kappa shape index (κ1) is 20.8. The SMILES string of the molecule is Cc1ccc(Sc2c(C)nn(-c3ccccc3)c2OC(=O)c2c(F)cccc2F)cc1. The Morgan fingerprint density at radius 2 is 1.55 bits per heavy atom. The number of halogens is 2. The first-order valence-corrected chi connectivity index (χ1v) is 10.3. The summed E-state index contributed by atoms with van der Waals surface area (Å²) in [5, 5.41) is 4.52. The summed E-state index contributed by atoms with van der Waals surface area (Å²) in [6.07, 6.45) is 0. The van der Waals surface area contributed by atoms with Gasteiger partial charge >= 0.3 is 5.97 Å². The normalized spacial score (nSPS) is 10.8. The van der Waals surface area contributed by atoms with Gasteiger partial charge in [0.1, 0.15) is 17.2 Å². The van der Waals surface area contributed by atoms with Crippen molar-refractivity contribution < 1.29 is 18.3 Å². The molecular weight excluding hydrogens is 418 g/mol. The Morgan fingerprint density at radius 1 is 0.903 bits per heavy atom. The van der Waals surface area contributed by atoms with Crippen LogP contribution in [0.1, 0.15) is 21.6 Å². The van der Waals surface area contributed by atoms with Crippen molar-refractivity contribution in [3.63, 3.8) is 0 Å². The van der Waals surface area contributed by atoms with E-state index in [0.29, 0.717) is 16.3 Å². The van der Waals surface area contributed by atoms with Crippen molar-refractivity contribution in [3.05, 3.63) is 101 Å². The Hall–Kier alpha value is -3.45. The maximum Gasteiger partial charge on any atom is 0.350 e. The number of benzene rings is 3. The van der Waals surface area contributed by atoms with Gasteiger partial charge in [0.25, 0.3) is 0 Å². The molecule has 0 aliphatic heterocycles. The molecule has 4 nitrogen and oxygen atoms in total. The average molecular weight is 436 g/mol. The molecule has 0 aliphatic rings. The van der Waals surface area contributed by atoms with E-state index < -0.39 is 23.2 Å². The highest BCUT2D eigenvalue weighted by Crippen LogP contribution is 2.39. The van der Waals surface area contributed by atoms with Gasteiger partial charge in [-0.05, 0) is 50.2 Å². The molecule has 0 aliphatic carbocycles. The molecule has 31 heavy (non-hydrogen) atoms. The predicted octanol–water partition coefficient (Wildman–Crippen LogP) is 6.14. The van der Waals surface area contributed by atoms with Crippen molar-refractivity contribution in [3.8, 4) is 11.6 Å². The minimum Gasteiger partial charge on any atom is -0.402 e. The van der Waals surface area contributed by atoms with Gasteiger partial charge in [0.15, 0.2) is 0 Å². The van der Waals surface area contributed by atoms with Crippen molar-refractivity contribution in [2.45, 2.75) is 23.6 Å². The summed E-state index contributed by atoms with van der Waals surface area (Å²) in [6.45, 7) is 3.78. The van der Waals surface area contributed by atoms with Crippen molar-refractivity contribution in [1.82, 2.24) is 9.78 Å². The second-order valence-electron chi connectivity index (χ2n) is 6.87. The van der Waals surface area contributed by atoms with E-state index in [1.54, 1.807) is 19.1 Å². The van der Waals surface area contributed by atoms with Crippen LogP contribution in [0.4, 0.5) is 8.78 Å². The zero-order valence-electron chi connectivity index (χ0n) is 16.8. The molecule has 0 unspecified atom stereocenters. The van der Waals surface area contributed by atoms with Gasteiger partial charge in [-0.1, -0.05) is 53.7 Å². The predicted molar refractivity (Wildman–Crippen MR) is 115 cm³/mol. The van der Waals surface area contributed by atoms with Crippen LogP contribution in [0, 0.1) is 25.5 Å². The minimum absolute atomic E-state index is 0.0990. The minimum atomic E-state index is -1.13. The molecule has 0 atom stereocenters. The Morgan fingerprint density at radius 3 is 2.19 bits per heavy atom. The molecule has 0 amide bonds. The van der Waals surface area contributed by atoms with Crippen LogP contribution >= 0.6 is 11.8 Å². The van der Waals surface area contributed by atoms with Crippen LogP contribution in [0.3, 0.4) is 0 Å². The number of nitrogens with zero attached hydrogens (tertiary/aromatic N) is 2. The largest absolute Gasteiger partial charge is 0.402 e. The zero-order valence-corrected chi connectivity index (χ0v) is 17.6. The van der Waals surface area contributed by atoms with Gasteiger partial charge in [0.05, 0.1) is 16.3 Å². The summed E-state index contributed by atoms with van der Waals surface area (Å²) >= 11 is 1.36. The van der Waals surface area contributed by atoms with Gasteiger partial charge in [0, 0.05) is 4.90 Å². The zero-order chi connectivity index (χ0) is 22.0. The molecule has 0 fully saturated rings. The summed E-state index contributed by atoms with van der Waals surface area (Å²) in [6, 6.07) is 20.1. The lowest BCUT2D eigenvalue weighted by atomic mass is 10.2. The van der Waals surface area contributed by atoms with E-state index >= 15 is 0 Å². The van der Waals surface area contributed by atoms with Gasteiger partial charge < -0.3 is 4.74 Å². The average Bonchev–Trinajstić information content (AvgIpc) is 3.05.